The van der Waals surface area contributed by atoms with Crippen molar-refractivity contribution in [3.05, 3.63) is 29.6 Å². The minimum atomic E-state index is -1.09. The monoisotopic (exact) mass is 310 g/mol. The van der Waals surface area contributed by atoms with Crippen molar-refractivity contribution in [1.82, 2.24) is 9.80 Å². The molecule has 2 rings (SSSR count). The number of ether oxygens (including phenoxy) is 1. The van der Waals surface area contributed by atoms with Crippen LogP contribution in [0.1, 0.15) is 5.56 Å². The molecule has 1 heterocycles. The van der Waals surface area contributed by atoms with E-state index in [1.54, 1.807) is 12.1 Å². The molecule has 1 amide bonds. The largest absolute Gasteiger partial charge is 0.480 e. The van der Waals surface area contributed by atoms with Gasteiger partial charge in [0.1, 0.15) is 6.54 Å². The van der Waals surface area contributed by atoms with Crippen molar-refractivity contribution in [2.24, 2.45) is 0 Å². The fourth-order valence-corrected chi connectivity index (χ4v) is 2.32. The van der Waals surface area contributed by atoms with Gasteiger partial charge in [-0.05, 0) is 20.2 Å². The molecule has 6 nitrogen and oxygen atoms in total. The van der Waals surface area contributed by atoms with E-state index in [1.807, 2.05) is 19.0 Å². The Kier molecular flexibility index (Phi) is 4.97. The molecule has 0 radical (unpaired) electrons. The van der Waals surface area contributed by atoms with Crippen LogP contribution in [-0.4, -0.2) is 66.6 Å². The Bertz CT molecular complexity index is 577. The lowest BCUT2D eigenvalue weighted by Gasteiger charge is -2.25. The molecular weight excluding hydrogens is 291 g/mol. The number of rotatable bonds is 6. The average Bonchev–Trinajstić information content (AvgIpc) is 2.87. The lowest BCUT2D eigenvalue weighted by atomic mass is 10.1. The third-order valence-electron chi connectivity index (χ3n) is 3.44. The highest BCUT2D eigenvalue weighted by Crippen LogP contribution is 2.31. The number of carboxylic acids is 1. The quantitative estimate of drug-likeness (QED) is 0.833. The second kappa shape index (κ2) is 6.74. The van der Waals surface area contributed by atoms with Gasteiger partial charge >= 0.3 is 5.97 Å². The van der Waals surface area contributed by atoms with Crippen molar-refractivity contribution >= 4 is 11.9 Å². The number of likely N-dealkylation sites (N-methyl/N-ethyl adjacent to an activating group) is 1. The van der Waals surface area contributed by atoms with E-state index in [0.717, 1.165) is 0 Å². The van der Waals surface area contributed by atoms with Gasteiger partial charge in [0.15, 0.2) is 17.7 Å². The number of aliphatic carboxylic acids is 1. The summed E-state index contributed by atoms with van der Waals surface area (Å²) in [7, 11) is 3.67. The number of hydrogen-bond donors (Lipinski definition) is 1. The van der Waals surface area contributed by atoms with E-state index in [1.165, 1.54) is 11.0 Å². The second-order valence-electron chi connectivity index (χ2n) is 5.50. The van der Waals surface area contributed by atoms with Gasteiger partial charge in [0.2, 0.25) is 0 Å². The standard InChI is InChI=1S/C15H19FN2O4/c1-17(2)6-7-18(9-13(19)20)15(21)12-8-10-4-3-5-11(16)14(10)22-12/h3-5,12H,6-9H2,1-2H3,(H,19,20)/t12-/m0/s1. The molecule has 22 heavy (non-hydrogen) atoms. The van der Waals surface area contributed by atoms with Gasteiger partial charge in [0.05, 0.1) is 0 Å². The van der Waals surface area contributed by atoms with E-state index >= 15 is 0 Å². The van der Waals surface area contributed by atoms with Crippen LogP contribution in [0.4, 0.5) is 4.39 Å². The fraction of sp³-hybridized carbons (Fsp3) is 0.467. The molecule has 0 saturated heterocycles. The van der Waals surface area contributed by atoms with E-state index < -0.39 is 30.3 Å². The number of amides is 1. The van der Waals surface area contributed by atoms with Crippen molar-refractivity contribution in [3.8, 4) is 5.75 Å². The lowest BCUT2D eigenvalue weighted by molar-refractivity contribution is -0.147. The van der Waals surface area contributed by atoms with Crippen molar-refractivity contribution in [3.63, 3.8) is 0 Å². The van der Waals surface area contributed by atoms with Crippen LogP contribution < -0.4 is 4.74 Å². The molecule has 0 unspecified atom stereocenters. The summed E-state index contributed by atoms with van der Waals surface area (Å²) in [4.78, 5) is 26.5. The highest BCUT2D eigenvalue weighted by atomic mass is 19.1. The summed E-state index contributed by atoms with van der Waals surface area (Å²) in [5.41, 5.74) is 0.626. The maximum absolute atomic E-state index is 13.6. The van der Waals surface area contributed by atoms with E-state index in [4.69, 9.17) is 9.84 Å². The molecule has 120 valence electrons. The molecule has 1 aliphatic rings. The first-order valence-corrected chi connectivity index (χ1v) is 6.98. The predicted molar refractivity (Wildman–Crippen MR) is 77.3 cm³/mol. The SMILES string of the molecule is CN(C)CCN(CC(=O)O)C(=O)[C@@H]1Cc2cccc(F)c2O1. The summed E-state index contributed by atoms with van der Waals surface area (Å²) in [6.45, 7) is 0.412. The molecule has 0 bridgehead atoms. The molecule has 1 aliphatic heterocycles. The third-order valence-corrected chi connectivity index (χ3v) is 3.44. The Morgan fingerprint density at radius 3 is 2.68 bits per heavy atom. The van der Waals surface area contributed by atoms with E-state index in [2.05, 4.69) is 0 Å². The number of halogens is 1. The van der Waals surface area contributed by atoms with Crippen LogP contribution in [0, 0.1) is 5.82 Å². The zero-order valence-electron chi connectivity index (χ0n) is 12.6. The molecule has 1 aromatic rings. The summed E-state index contributed by atoms with van der Waals surface area (Å²) >= 11 is 0. The van der Waals surface area contributed by atoms with Crippen LogP contribution in [-0.2, 0) is 16.0 Å². The van der Waals surface area contributed by atoms with Gasteiger partial charge in [0.25, 0.3) is 5.91 Å². The van der Waals surface area contributed by atoms with Gasteiger partial charge in [-0.25, -0.2) is 4.39 Å². The lowest BCUT2D eigenvalue weighted by Crippen LogP contribution is -2.46. The van der Waals surface area contributed by atoms with Gasteiger partial charge in [-0.2, -0.15) is 0 Å². The molecular formula is C15H19FN2O4. The Labute approximate surface area is 128 Å². The molecule has 0 spiro atoms. The summed E-state index contributed by atoms with van der Waals surface area (Å²) in [6.07, 6.45) is -0.613. The number of benzene rings is 1. The maximum Gasteiger partial charge on any atom is 0.323 e. The average molecular weight is 310 g/mol. The maximum atomic E-state index is 13.6. The molecule has 1 atom stereocenters. The van der Waals surface area contributed by atoms with Gasteiger partial charge in [-0.15, -0.1) is 0 Å². The molecule has 0 fully saturated rings. The Morgan fingerprint density at radius 2 is 2.09 bits per heavy atom. The first kappa shape index (κ1) is 16.2. The van der Waals surface area contributed by atoms with Gasteiger partial charge < -0.3 is 19.6 Å². The summed E-state index contributed by atoms with van der Waals surface area (Å²) in [5, 5.41) is 8.95. The number of para-hydroxylation sites is 1. The zero-order valence-corrected chi connectivity index (χ0v) is 12.6. The van der Waals surface area contributed by atoms with Crippen LogP contribution >= 0.6 is 0 Å². The van der Waals surface area contributed by atoms with Crippen LogP contribution in [0.5, 0.6) is 5.75 Å². The van der Waals surface area contributed by atoms with Crippen LogP contribution in [0.3, 0.4) is 0 Å². The fourth-order valence-electron chi connectivity index (χ4n) is 2.32. The number of carboxylic acid groups (broad SMARTS) is 1. The van der Waals surface area contributed by atoms with Crippen molar-refractivity contribution in [1.29, 1.82) is 0 Å². The number of fused-ring (bicyclic) bond motifs is 1. The molecule has 7 heteroatoms. The molecule has 0 aromatic heterocycles. The van der Waals surface area contributed by atoms with Crippen LogP contribution in [0.25, 0.3) is 0 Å². The van der Waals surface area contributed by atoms with Crippen molar-refractivity contribution < 1.29 is 23.8 Å². The van der Waals surface area contributed by atoms with E-state index in [-0.39, 0.29) is 18.7 Å². The minimum absolute atomic E-state index is 0.0868. The van der Waals surface area contributed by atoms with Gasteiger partial charge in [0, 0.05) is 25.1 Å². The summed E-state index contributed by atoms with van der Waals surface area (Å²) in [6, 6.07) is 4.53. The smallest absolute Gasteiger partial charge is 0.323 e. The van der Waals surface area contributed by atoms with Crippen LogP contribution in [0.2, 0.25) is 0 Å². The number of hydrogen-bond acceptors (Lipinski definition) is 4. The molecule has 0 saturated carbocycles. The first-order valence-electron chi connectivity index (χ1n) is 6.98. The van der Waals surface area contributed by atoms with Crippen molar-refractivity contribution in [2.45, 2.75) is 12.5 Å². The number of nitrogens with zero attached hydrogens (tertiary/aromatic N) is 2. The van der Waals surface area contributed by atoms with Crippen molar-refractivity contribution in [2.75, 3.05) is 33.7 Å². The topological polar surface area (TPSA) is 70.1 Å². The molecule has 1 aromatic carbocycles. The third kappa shape index (κ3) is 3.73. The summed E-state index contributed by atoms with van der Waals surface area (Å²) in [5.74, 6) is -1.94. The summed E-state index contributed by atoms with van der Waals surface area (Å²) < 4.78 is 19.0. The molecule has 0 aliphatic carbocycles. The van der Waals surface area contributed by atoms with Gasteiger partial charge in [-0.3, -0.25) is 9.59 Å². The molecule has 1 N–H and O–H groups in total. The minimum Gasteiger partial charge on any atom is -0.480 e. The Morgan fingerprint density at radius 1 is 1.36 bits per heavy atom. The second-order valence-corrected chi connectivity index (χ2v) is 5.50. The van der Waals surface area contributed by atoms with E-state index in [9.17, 15) is 14.0 Å². The predicted octanol–water partition coefficient (Wildman–Crippen LogP) is 0.604. The normalized spacial score (nSPS) is 16.3. The number of carbonyl (C=O) groups excluding carboxylic acids is 1. The Hall–Kier alpha value is -2.15. The zero-order chi connectivity index (χ0) is 16.3. The Balaban J connectivity index is 2.08. The highest BCUT2D eigenvalue weighted by molar-refractivity contribution is 5.86. The van der Waals surface area contributed by atoms with E-state index in [0.29, 0.717) is 12.1 Å². The van der Waals surface area contributed by atoms with Gasteiger partial charge in [-0.1, -0.05) is 12.1 Å². The highest BCUT2D eigenvalue weighted by Gasteiger charge is 2.34. The van der Waals surface area contributed by atoms with Crippen LogP contribution in [0.15, 0.2) is 18.2 Å². The first-order chi connectivity index (χ1) is 10.4. The number of carbonyl (C=O) groups is 2.